The first-order chi connectivity index (χ1) is 16.7. The van der Waals surface area contributed by atoms with Crippen LogP contribution >= 0.6 is 35.0 Å². The Hall–Kier alpha value is -2.99. The molecule has 0 radical (unpaired) electrons. The molecule has 3 rings (SSSR count). The van der Waals surface area contributed by atoms with Crippen molar-refractivity contribution in [3.8, 4) is 0 Å². The highest BCUT2D eigenvalue weighted by Gasteiger charge is 2.27. The molecule has 0 spiro atoms. The molecule has 10 nitrogen and oxygen atoms in total. The SMILES string of the molecule is O=C(C=Cc1ccco1)NCc1cc(Cl)c(C(=O)N[C@@H](CNC(=O)C2CSCN2)C(=O)O)c(Cl)c1. The molecule has 186 valence electrons. The summed E-state index contributed by atoms with van der Waals surface area (Å²) in [4.78, 5) is 48.4. The molecule has 1 aliphatic rings. The maximum Gasteiger partial charge on any atom is 0.328 e. The highest BCUT2D eigenvalue weighted by atomic mass is 35.5. The molecule has 2 atom stereocenters. The van der Waals surface area contributed by atoms with Crippen LogP contribution in [0.3, 0.4) is 0 Å². The van der Waals surface area contributed by atoms with E-state index in [1.807, 2.05) is 0 Å². The van der Waals surface area contributed by atoms with Crippen LogP contribution in [-0.2, 0) is 20.9 Å². The molecule has 1 unspecified atom stereocenters. The second kappa shape index (κ2) is 12.6. The number of nitrogens with one attached hydrogen (secondary N) is 4. The number of aliphatic carboxylic acids is 1. The van der Waals surface area contributed by atoms with Crippen molar-refractivity contribution in [1.82, 2.24) is 21.3 Å². The number of hydrogen-bond donors (Lipinski definition) is 5. The van der Waals surface area contributed by atoms with Gasteiger partial charge in [-0.2, -0.15) is 0 Å². The first-order valence-corrected chi connectivity index (χ1v) is 12.3. The largest absolute Gasteiger partial charge is 0.480 e. The molecular weight excluding hydrogens is 519 g/mol. The van der Waals surface area contributed by atoms with Crippen LogP contribution in [0.15, 0.2) is 41.0 Å². The first kappa shape index (κ1) is 26.6. The standard InChI is InChI=1S/C22H22Cl2N4O6S/c23-14-6-12(8-25-18(29)4-3-13-2-1-5-34-13)7-15(24)19(14)21(31)28-16(22(32)33)9-26-20(30)17-10-35-11-27-17/h1-7,16-17,27H,8-11H2,(H,25,29)(H,26,30)(H,28,31)(H,32,33)/t16-,17?/m0/s1. The van der Waals surface area contributed by atoms with Crippen molar-refractivity contribution < 1.29 is 28.7 Å². The molecular formula is C22H22Cl2N4O6S. The second-order valence-corrected chi connectivity index (χ2v) is 9.23. The van der Waals surface area contributed by atoms with E-state index < -0.39 is 24.0 Å². The Kier molecular flexibility index (Phi) is 9.61. The summed E-state index contributed by atoms with van der Waals surface area (Å²) in [6.45, 7) is -0.229. The van der Waals surface area contributed by atoms with Crippen molar-refractivity contribution >= 4 is 64.7 Å². The van der Waals surface area contributed by atoms with Crippen molar-refractivity contribution in [3.63, 3.8) is 0 Å². The number of halogens is 2. The van der Waals surface area contributed by atoms with Gasteiger partial charge in [-0.15, -0.1) is 11.8 Å². The lowest BCUT2D eigenvalue weighted by molar-refractivity contribution is -0.139. The minimum Gasteiger partial charge on any atom is -0.480 e. The predicted molar refractivity (Wildman–Crippen MR) is 132 cm³/mol. The van der Waals surface area contributed by atoms with Gasteiger partial charge in [0.1, 0.15) is 11.8 Å². The molecule has 5 N–H and O–H groups in total. The van der Waals surface area contributed by atoms with Crippen molar-refractivity contribution in [2.45, 2.75) is 18.6 Å². The molecule has 1 aromatic heterocycles. The third-order valence-corrected chi connectivity index (χ3v) is 6.39. The van der Waals surface area contributed by atoms with Crippen molar-refractivity contribution in [2.75, 3.05) is 18.2 Å². The van der Waals surface area contributed by atoms with Crippen LogP contribution in [0.4, 0.5) is 0 Å². The Balaban J connectivity index is 1.58. The zero-order valence-corrected chi connectivity index (χ0v) is 20.5. The van der Waals surface area contributed by atoms with Gasteiger partial charge in [0.2, 0.25) is 11.8 Å². The van der Waals surface area contributed by atoms with Crippen molar-refractivity contribution in [2.24, 2.45) is 0 Å². The Morgan fingerprint density at radius 1 is 1.23 bits per heavy atom. The number of carbonyl (C=O) groups is 4. The molecule has 0 saturated carbocycles. The second-order valence-electron chi connectivity index (χ2n) is 7.38. The van der Waals surface area contributed by atoms with E-state index in [2.05, 4.69) is 21.3 Å². The topological polar surface area (TPSA) is 150 Å². The zero-order valence-electron chi connectivity index (χ0n) is 18.2. The van der Waals surface area contributed by atoms with Crippen LogP contribution in [0.25, 0.3) is 6.08 Å². The first-order valence-electron chi connectivity index (χ1n) is 10.3. The lowest BCUT2D eigenvalue weighted by Crippen LogP contribution is -2.51. The predicted octanol–water partition coefficient (Wildman–Crippen LogP) is 1.88. The van der Waals surface area contributed by atoms with E-state index >= 15 is 0 Å². The summed E-state index contributed by atoms with van der Waals surface area (Å²) in [6, 6.07) is 4.47. The Morgan fingerprint density at radius 2 is 1.97 bits per heavy atom. The Bertz CT molecular complexity index is 1100. The molecule has 35 heavy (non-hydrogen) atoms. The van der Waals surface area contributed by atoms with Crippen molar-refractivity contribution in [3.05, 3.63) is 63.5 Å². The lowest BCUT2D eigenvalue weighted by atomic mass is 10.1. The molecule has 1 aliphatic heterocycles. The van der Waals surface area contributed by atoms with Crippen LogP contribution in [0.2, 0.25) is 10.0 Å². The summed E-state index contributed by atoms with van der Waals surface area (Å²) >= 11 is 14.0. The highest BCUT2D eigenvalue weighted by Crippen LogP contribution is 2.27. The summed E-state index contributed by atoms with van der Waals surface area (Å²) < 4.78 is 5.11. The molecule has 1 fully saturated rings. The van der Waals surface area contributed by atoms with Crippen LogP contribution < -0.4 is 21.3 Å². The maximum atomic E-state index is 12.7. The molecule has 2 aromatic rings. The quantitative estimate of drug-likeness (QED) is 0.286. The number of carboxylic acid groups (broad SMARTS) is 1. The molecule has 1 saturated heterocycles. The number of amides is 3. The molecule has 2 heterocycles. The van der Waals surface area contributed by atoms with E-state index in [0.29, 0.717) is 23.0 Å². The fraction of sp³-hybridized carbons (Fsp3) is 0.273. The van der Waals surface area contributed by atoms with Gasteiger partial charge in [0.25, 0.3) is 5.91 Å². The van der Waals surface area contributed by atoms with Gasteiger partial charge in [-0.05, 0) is 35.9 Å². The molecule has 13 heteroatoms. The van der Waals surface area contributed by atoms with E-state index in [1.165, 1.54) is 30.5 Å². The van der Waals surface area contributed by atoms with E-state index in [9.17, 15) is 24.3 Å². The fourth-order valence-corrected chi connectivity index (χ4v) is 4.70. The van der Waals surface area contributed by atoms with Crippen LogP contribution in [0, 0.1) is 0 Å². The number of benzene rings is 1. The van der Waals surface area contributed by atoms with Crippen LogP contribution in [0.1, 0.15) is 21.7 Å². The summed E-state index contributed by atoms with van der Waals surface area (Å²) in [5, 5.41) is 19.9. The molecule has 3 amide bonds. The average Bonchev–Trinajstić information content (AvgIpc) is 3.52. The molecule has 0 bridgehead atoms. The van der Waals surface area contributed by atoms with E-state index in [0.717, 1.165) is 0 Å². The van der Waals surface area contributed by atoms with Gasteiger partial charge in [0.05, 0.1) is 27.9 Å². The average molecular weight is 541 g/mol. The Morgan fingerprint density at radius 3 is 2.57 bits per heavy atom. The number of carbonyl (C=O) groups excluding carboxylic acids is 3. The lowest BCUT2D eigenvalue weighted by Gasteiger charge is -2.18. The summed E-state index contributed by atoms with van der Waals surface area (Å²) in [6.07, 6.45) is 4.30. The zero-order chi connectivity index (χ0) is 25.4. The normalized spacial score (nSPS) is 16.1. The fourth-order valence-electron chi connectivity index (χ4n) is 3.06. The monoisotopic (exact) mass is 540 g/mol. The molecule has 0 aliphatic carbocycles. The highest BCUT2D eigenvalue weighted by molar-refractivity contribution is 7.99. The minimum absolute atomic E-state index is 0.0225. The van der Waals surface area contributed by atoms with Crippen LogP contribution in [-0.4, -0.2) is 59.1 Å². The van der Waals surface area contributed by atoms with Gasteiger partial charge in [-0.3, -0.25) is 19.7 Å². The van der Waals surface area contributed by atoms with Gasteiger partial charge < -0.3 is 25.5 Å². The maximum absolute atomic E-state index is 12.7. The number of hydrogen-bond acceptors (Lipinski definition) is 7. The third-order valence-electron chi connectivity index (χ3n) is 4.85. The summed E-state index contributed by atoms with van der Waals surface area (Å²) in [7, 11) is 0. The van der Waals surface area contributed by atoms with Gasteiger partial charge in [-0.1, -0.05) is 23.2 Å². The third kappa shape index (κ3) is 7.76. The number of furan rings is 1. The van der Waals surface area contributed by atoms with Gasteiger partial charge >= 0.3 is 5.97 Å². The van der Waals surface area contributed by atoms with Gasteiger partial charge in [-0.25, -0.2) is 4.79 Å². The summed E-state index contributed by atoms with van der Waals surface area (Å²) in [5.41, 5.74) is 0.410. The van der Waals surface area contributed by atoms with E-state index in [4.69, 9.17) is 27.6 Å². The summed E-state index contributed by atoms with van der Waals surface area (Å²) in [5.74, 6) is -1.14. The number of carboxylic acids is 1. The number of rotatable bonds is 10. The van der Waals surface area contributed by atoms with Gasteiger partial charge in [0, 0.05) is 30.8 Å². The minimum atomic E-state index is -1.40. The van der Waals surface area contributed by atoms with Crippen molar-refractivity contribution in [1.29, 1.82) is 0 Å². The molecule has 1 aromatic carbocycles. The number of thioether (sulfide) groups is 1. The Labute approximate surface area is 214 Å². The van der Waals surface area contributed by atoms with E-state index in [1.54, 1.807) is 23.9 Å². The van der Waals surface area contributed by atoms with Gasteiger partial charge in [0.15, 0.2) is 0 Å². The smallest absolute Gasteiger partial charge is 0.328 e. The van der Waals surface area contributed by atoms with Crippen LogP contribution in [0.5, 0.6) is 0 Å². The van der Waals surface area contributed by atoms with E-state index in [-0.39, 0.29) is 40.5 Å².